The highest BCUT2D eigenvalue weighted by Crippen LogP contribution is 2.30. The molecule has 0 bridgehead atoms. The molecular weight excluding hydrogens is 384 g/mol. The zero-order valence-electron chi connectivity index (χ0n) is 14.5. The first-order valence-corrected chi connectivity index (χ1v) is 10.2. The zero-order valence-corrected chi connectivity index (χ0v) is 16.1. The number of benzene rings is 1. The molecule has 0 amide bonds. The minimum Gasteiger partial charge on any atom is -0.508 e. The largest absolute Gasteiger partial charge is 0.508 e. The van der Waals surface area contributed by atoms with Gasteiger partial charge in [-0.15, -0.1) is 16.4 Å². The van der Waals surface area contributed by atoms with E-state index in [0.29, 0.717) is 29.5 Å². The van der Waals surface area contributed by atoms with E-state index in [9.17, 15) is 9.90 Å². The molecule has 0 saturated heterocycles. The Morgan fingerprint density at radius 1 is 1.30 bits per heavy atom. The van der Waals surface area contributed by atoms with Gasteiger partial charge in [0.1, 0.15) is 11.3 Å². The number of aromatic nitrogens is 4. The lowest BCUT2D eigenvalue weighted by Gasteiger charge is -2.08. The predicted octanol–water partition coefficient (Wildman–Crippen LogP) is 3.45. The molecule has 1 N–H and O–H groups in total. The third kappa shape index (κ3) is 3.74. The van der Waals surface area contributed by atoms with Gasteiger partial charge in [-0.05, 0) is 45.5 Å². The maximum Gasteiger partial charge on any atom is 0.336 e. The highest BCUT2D eigenvalue weighted by atomic mass is 32.2. The van der Waals surface area contributed by atoms with Crippen molar-refractivity contribution in [1.82, 2.24) is 20.2 Å². The van der Waals surface area contributed by atoms with Gasteiger partial charge in [0.15, 0.2) is 0 Å². The van der Waals surface area contributed by atoms with Gasteiger partial charge >= 0.3 is 5.63 Å². The number of phenols is 1. The van der Waals surface area contributed by atoms with Crippen LogP contribution in [0.5, 0.6) is 5.75 Å². The molecule has 0 fully saturated rings. The van der Waals surface area contributed by atoms with Gasteiger partial charge in [-0.1, -0.05) is 24.8 Å². The number of thioether (sulfide) groups is 1. The number of nitrogens with zero attached hydrogens (tertiary/aromatic N) is 4. The van der Waals surface area contributed by atoms with Crippen molar-refractivity contribution >= 4 is 34.1 Å². The highest BCUT2D eigenvalue weighted by molar-refractivity contribution is 7.98. The average Bonchev–Trinajstić information content (AvgIpc) is 3.31. The van der Waals surface area contributed by atoms with E-state index >= 15 is 0 Å². The number of aromatic hydroxyl groups is 1. The Morgan fingerprint density at radius 2 is 2.19 bits per heavy atom. The molecule has 4 rings (SSSR count). The van der Waals surface area contributed by atoms with Gasteiger partial charge in [-0.2, -0.15) is 0 Å². The second-order valence-corrected chi connectivity index (χ2v) is 7.88. The predicted molar refractivity (Wildman–Crippen MR) is 104 cm³/mol. The third-order valence-corrected chi connectivity index (χ3v) is 6.02. The molecule has 0 spiro atoms. The topological polar surface area (TPSA) is 94.0 Å². The van der Waals surface area contributed by atoms with Crippen LogP contribution in [0.1, 0.15) is 22.9 Å². The van der Waals surface area contributed by atoms with Crippen LogP contribution in [0, 0.1) is 0 Å². The van der Waals surface area contributed by atoms with E-state index < -0.39 is 5.63 Å². The quantitative estimate of drug-likeness (QED) is 0.391. The highest BCUT2D eigenvalue weighted by Gasteiger charge is 2.13. The van der Waals surface area contributed by atoms with E-state index in [1.165, 1.54) is 23.9 Å². The fraction of sp³-hybridized carbons (Fsp3) is 0.222. The first kappa shape index (κ1) is 17.7. The molecule has 27 heavy (non-hydrogen) atoms. The van der Waals surface area contributed by atoms with Gasteiger partial charge < -0.3 is 9.52 Å². The van der Waals surface area contributed by atoms with Gasteiger partial charge in [0.2, 0.25) is 5.16 Å². The van der Waals surface area contributed by atoms with Crippen LogP contribution >= 0.6 is 23.1 Å². The maximum absolute atomic E-state index is 11.9. The molecule has 3 aromatic heterocycles. The lowest BCUT2D eigenvalue weighted by Crippen LogP contribution is -2.03. The van der Waals surface area contributed by atoms with Crippen molar-refractivity contribution in [2.24, 2.45) is 0 Å². The molecule has 3 heterocycles. The minimum absolute atomic E-state index is 0.137. The van der Waals surface area contributed by atoms with E-state index in [1.807, 2.05) is 30.5 Å². The fourth-order valence-corrected chi connectivity index (χ4v) is 4.35. The van der Waals surface area contributed by atoms with Crippen molar-refractivity contribution < 1.29 is 9.52 Å². The average molecular weight is 400 g/mol. The smallest absolute Gasteiger partial charge is 0.336 e. The molecule has 0 radical (unpaired) electrons. The number of thiophene rings is 1. The lowest BCUT2D eigenvalue weighted by molar-refractivity contribution is 0.466. The Labute approximate surface area is 162 Å². The Bertz CT molecular complexity index is 1140. The maximum atomic E-state index is 11.9. The van der Waals surface area contributed by atoms with Crippen molar-refractivity contribution in [3.63, 3.8) is 0 Å². The van der Waals surface area contributed by atoms with Crippen molar-refractivity contribution in [2.45, 2.75) is 30.8 Å². The van der Waals surface area contributed by atoms with Crippen molar-refractivity contribution in [2.75, 3.05) is 0 Å². The molecule has 0 atom stereocenters. The van der Waals surface area contributed by atoms with Crippen molar-refractivity contribution in [3.05, 3.63) is 62.1 Å². The standard InChI is InChI=1S/C18H16N4O3S2/c1-2-11-6-14-12(7-17(24)25-16(14)8-15(11)23)10-27-18-19-20-21-22(18)9-13-4-3-5-26-13/h3-8,23H,2,9-10H2,1H3. The van der Waals surface area contributed by atoms with E-state index in [2.05, 4.69) is 15.5 Å². The second-order valence-electron chi connectivity index (χ2n) is 5.91. The molecule has 7 nitrogen and oxygen atoms in total. The van der Waals surface area contributed by atoms with Crippen molar-refractivity contribution in [3.8, 4) is 5.75 Å². The van der Waals surface area contributed by atoms with Crippen LogP contribution in [-0.2, 0) is 18.7 Å². The molecule has 0 aliphatic rings. The van der Waals surface area contributed by atoms with E-state index in [0.717, 1.165) is 21.4 Å². The van der Waals surface area contributed by atoms with Gasteiger partial charge in [-0.25, -0.2) is 9.48 Å². The summed E-state index contributed by atoms with van der Waals surface area (Å²) in [4.78, 5) is 13.1. The molecule has 0 unspecified atom stereocenters. The Morgan fingerprint density at radius 3 is 2.96 bits per heavy atom. The number of tetrazole rings is 1. The summed E-state index contributed by atoms with van der Waals surface area (Å²) in [6.07, 6.45) is 0.687. The SMILES string of the molecule is CCc1cc2c(CSc3nnnn3Cc3cccs3)cc(=O)oc2cc1O. The number of phenolic OH excluding ortho intramolecular Hbond substituents is 1. The normalized spacial score (nSPS) is 11.3. The first-order chi connectivity index (χ1) is 13.1. The molecule has 0 aliphatic heterocycles. The van der Waals surface area contributed by atoms with E-state index in [1.54, 1.807) is 16.0 Å². The molecular formula is C18H16N4O3S2. The summed E-state index contributed by atoms with van der Waals surface area (Å²) in [5.41, 5.74) is 1.57. The van der Waals surface area contributed by atoms with Gasteiger partial charge in [0.25, 0.3) is 0 Å². The van der Waals surface area contributed by atoms with Crippen LogP contribution in [0.25, 0.3) is 11.0 Å². The summed E-state index contributed by atoms with van der Waals surface area (Å²) in [6, 6.07) is 8.89. The molecule has 1 aromatic carbocycles. The van der Waals surface area contributed by atoms with E-state index in [-0.39, 0.29) is 5.75 Å². The summed E-state index contributed by atoms with van der Waals surface area (Å²) in [5, 5.41) is 25.5. The Balaban J connectivity index is 1.63. The number of hydrogen-bond donors (Lipinski definition) is 1. The summed E-state index contributed by atoms with van der Waals surface area (Å²) >= 11 is 3.11. The Hall–Kier alpha value is -2.65. The summed E-state index contributed by atoms with van der Waals surface area (Å²) in [5.74, 6) is 0.652. The van der Waals surface area contributed by atoms with Crippen LogP contribution in [0.4, 0.5) is 0 Å². The molecule has 0 aliphatic carbocycles. The molecule has 0 saturated carbocycles. The van der Waals surface area contributed by atoms with E-state index in [4.69, 9.17) is 4.42 Å². The number of fused-ring (bicyclic) bond motifs is 1. The van der Waals surface area contributed by atoms with Gasteiger partial charge in [0, 0.05) is 28.1 Å². The van der Waals surface area contributed by atoms with Crippen LogP contribution in [0.2, 0.25) is 0 Å². The monoisotopic (exact) mass is 400 g/mol. The summed E-state index contributed by atoms with van der Waals surface area (Å²) in [6.45, 7) is 2.58. The van der Waals surface area contributed by atoms with Gasteiger partial charge in [-0.3, -0.25) is 0 Å². The summed E-state index contributed by atoms with van der Waals surface area (Å²) < 4.78 is 6.99. The summed E-state index contributed by atoms with van der Waals surface area (Å²) in [7, 11) is 0. The van der Waals surface area contributed by atoms with Crippen LogP contribution in [-0.4, -0.2) is 25.3 Å². The Kier molecular flexibility index (Phi) is 4.95. The number of rotatable bonds is 6. The molecule has 4 aromatic rings. The molecule has 138 valence electrons. The zero-order chi connectivity index (χ0) is 18.8. The van der Waals surface area contributed by atoms with Gasteiger partial charge in [0.05, 0.1) is 6.54 Å². The minimum atomic E-state index is -0.445. The van der Waals surface area contributed by atoms with Crippen LogP contribution < -0.4 is 5.63 Å². The van der Waals surface area contributed by atoms with Crippen LogP contribution in [0.15, 0.2) is 50.1 Å². The lowest BCUT2D eigenvalue weighted by atomic mass is 10.1. The third-order valence-electron chi connectivity index (χ3n) is 4.15. The second kappa shape index (κ2) is 7.53. The van der Waals surface area contributed by atoms with Crippen LogP contribution in [0.3, 0.4) is 0 Å². The first-order valence-electron chi connectivity index (χ1n) is 8.34. The molecule has 9 heteroatoms. The van der Waals surface area contributed by atoms with Crippen molar-refractivity contribution in [1.29, 1.82) is 0 Å². The number of hydrogen-bond acceptors (Lipinski definition) is 8. The fourth-order valence-electron chi connectivity index (χ4n) is 2.80. The number of aryl methyl sites for hydroxylation is 1.